The number of likely N-dealkylation sites (N-methyl/N-ethyl adjacent to an activating group) is 1. The zero-order chi connectivity index (χ0) is 15.5. The van der Waals surface area contributed by atoms with E-state index in [2.05, 4.69) is 4.98 Å². The molecule has 1 aromatic rings. The summed E-state index contributed by atoms with van der Waals surface area (Å²) in [5.74, 6) is -1.70. The van der Waals surface area contributed by atoms with Gasteiger partial charge in [-0.1, -0.05) is 13.8 Å². The minimum Gasteiger partial charge on any atom is -0.477 e. The van der Waals surface area contributed by atoms with Crippen LogP contribution in [0.1, 0.15) is 40.3 Å². The number of carbonyl (C=O) groups is 1. The monoisotopic (exact) mass is 312 g/mol. The van der Waals surface area contributed by atoms with Crippen LogP contribution in [0.25, 0.3) is 0 Å². The zero-order valence-electron chi connectivity index (χ0n) is 10.9. The number of aliphatic hydroxyl groups excluding tert-OH is 1. The van der Waals surface area contributed by atoms with Crippen molar-refractivity contribution in [3.05, 3.63) is 15.6 Å². The Kier molecular flexibility index (Phi) is 5.49. The van der Waals surface area contributed by atoms with Crippen LogP contribution in [0.3, 0.4) is 0 Å². The SMILES string of the molecule is CCN(CC)CC(O)c1nc(C(F)(F)F)c(C(=O)O)s1. The number of aromatic carboxylic acids is 1. The van der Waals surface area contributed by atoms with Gasteiger partial charge in [0.05, 0.1) is 0 Å². The van der Waals surface area contributed by atoms with Crippen LogP contribution in [0.2, 0.25) is 0 Å². The molecule has 0 radical (unpaired) electrons. The largest absolute Gasteiger partial charge is 0.477 e. The lowest BCUT2D eigenvalue weighted by Gasteiger charge is -2.20. The van der Waals surface area contributed by atoms with Crippen LogP contribution in [0.5, 0.6) is 0 Å². The van der Waals surface area contributed by atoms with Crippen molar-refractivity contribution < 1.29 is 28.2 Å². The van der Waals surface area contributed by atoms with E-state index in [1.165, 1.54) is 0 Å². The predicted octanol–water partition coefficient (Wildman–Crippen LogP) is 2.24. The summed E-state index contributed by atoms with van der Waals surface area (Å²) in [5.41, 5.74) is -1.46. The van der Waals surface area contributed by atoms with E-state index in [0.717, 1.165) is 0 Å². The van der Waals surface area contributed by atoms with Crippen LogP contribution in [0, 0.1) is 0 Å². The predicted molar refractivity (Wildman–Crippen MR) is 66.8 cm³/mol. The lowest BCUT2D eigenvalue weighted by molar-refractivity contribution is -0.141. The highest BCUT2D eigenvalue weighted by molar-refractivity contribution is 7.13. The molecule has 0 aliphatic carbocycles. The number of aromatic nitrogens is 1. The lowest BCUT2D eigenvalue weighted by atomic mass is 10.3. The molecule has 1 unspecified atom stereocenters. The molecule has 0 aromatic carbocycles. The van der Waals surface area contributed by atoms with Gasteiger partial charge >= 0.3 is 12.1 Å². The number of hydrogen-bond acceptors (Lipinski definition) is 5. The molecule has 0 aliphatic heterocycles. The number of alkyl halides is 3. The second kappa shape index (κ2) is 6.51. The molecule has 1 atom stereocenters. The Hall–Kier alpha value is -1.19. The number of hydrogen-bond donors (Lipinski definition) is 2. The third-order valence-corrected chi connectivity index (χ3v) is 3.86. The summed E-state index contributed by atoms with van der Waals surface area (Å²) in [6.45, 7) is 5.05. The normalized spacial score (nSPS) is 13.8. The number of thiazole rings is 1. The minimum atomic E-state index is -4.85. The molecule has 0 saturated heterocycles. The molecule has 1 heterocycles. The van der Waals surface area contributed by atoms with Crippen LogP contribution < -0.4 is 0 Å². The fourth-order valence-corrected chi connectivity index (χ4v) is 2.52. The van der Waals surface area contributed by atoms with E-state index in [1.54, 1.807) is 4.90 Å². The highest BCUT2D eigenvalue weighted by Crippen LogP contribution is 2.36. The van der Waals surface area contributed by atoms with Gasteiger partial charge < -0.3 is 15.1 Å². The Morgan fingerprint density at radius 1 is 1.40 bits per heavy atom. The molecule has 20 heavy (non-hydrogen) atoms. The molecular formula is C11H15F3N2O3S. The van der Waals surface area contributed by atoms with Crippen molar-refractivity contribution in [2.75, 3.05) is 19.6 Å². The number of aliphatic hydroxyl groups is 1. The third kappa shape index (κ3) is 3.90. The van der Waals surface area contributed by atoms with Crippen LogP contribution in [-0.4, -0.2) is 45.7 Å². The van der Waals surface area contributed by atoms with Crippen molar-refractivity contribution in [3.8, 4) is 0 Å². The summed E-state index contributed by atoms with van der Waals surface area (Å²) in [6, 6.07) is 0. The summed E-state index contributed by atoms with van der Waals surface area (Å²) in [4.78, 5) is 15.0. The smallest absolute Gasteiger partial charge is 0.435 e. The van der Waals surface area contributed by atoms with Gasteiger partial charge in [0.15, 0.2) is 5.69 Å². The van der Waals surface area contributed by atoms with Crippen molar-refractivity contribution in [1.29, 1.82) is 0 Å². The van der Waals surface area contributed by atoms with Crippen LogP contribution in [-0.2, 0) is 6.18 Å². The lowest BCUT2D eigenvalue weighted by Crippen LogP contribution is -2.28. The molecule has 9 heteroatoms. The summed E-state index contributed by atoms with van der Waals surface area (Å²) in [5, 5.41) is 18.4. The highest BCUT2D eigenvalue weighted by atomic mass is 32.1. The van der Waals surface area contributed by atoms with Gasteiger partial charge in [0.2, 0.25) is 0 Å². The molecule has 0 amide bonds. The molecular weight excluding hydrogens is 297 g/mol. The first-order valence-corrected chi connectivity index (χ1v) is 6.73. The Labute approximate surface area is 117 Å². The highest BCUT2D eigenvalue weighted by Gasteiger charge is 2.40. The number of carboxylic acids is 1. The van der Waals surface area contributed by atoms with Crippen molar-refractivity contribution >= 4 is 17.3 Å². The molecule has 1 aromatic heterocycles. The molecule has 0 spiro atoms. The maximum atomic E-state index is 12.7. The molecule has 114 valence electrons. The molecule has 0 aliphatic rings. The van der Waals surface area contributed by atoms with E-state index in [0.29, 0.717) is 24.4 Å². The van der Waals surface area contributed by atoms with Crippen molar-refractivity contribution in [1.82, 2.24) is 9.88 Å². The van der Waals surface area contributed by atoms with E-state index >= 15 is 0 Å². The number of nitrogens with zero attached hydrogens (tertiary/aromatic N) is 2. The standard InChI is InChI=1S/C11H15F3N2O3S/c1-3-16(4-2)5-6(17)9-15-8(11(12,13)14)7(20-9)10(18)19/h6,17H,3-5H2,1-2H3,(H,18,19). The number of halogens is 3. The maximum absolute atomic E-state index is 12.7. The molecule has 0 fully saturated rings. The van der Waals surface area contributed by atoms with Crippen LogP contribution in [0.15, 0.2) is 0 Å². The van der Waals surface area contributed by atoms with E-state index in [9.17, 15) is 23.1 Å². The van der Waals surface area contributed by atoms with E-state index in [-0.39, 0.29) is 11.6 Å². The molecule has 0 saturated carbocycles. The number of carboxylic acid groups (broad SMARTS) is 1. The second-order valence-corrected chi connectivity index (χ2v) is 5.07. The van der Waals surface area contributed by atoms with Crippen LogP contribution >= 0.6 is 11.3 Å². The average molecular weight is 312 g/mol. The van der Waals surface area contributed by atoms with Gasteiger partial charge in [-0.2, -0.15) is 13.2 Å². The van der Waals surface area contributed by atoms with Crippen LogP contribution in [0.4, 0.5) is 13.2 Å². The van der Waals surface area contributed by atoms with Gasteiger partial charge in [-0.05, 0) is 13.1 Å². The number of rotatable bonds is 6. The summed E-state index contributed by atoms with van der Waals surface area (Å²) in [6.07, 6.45) is -6.09. The van der Waals surface area contributed by atoms with Gasteiger partial charge in [0.25, 0.3) is 0 Å². The van der Waals surface area contributed by atoms with Gasteiger partial charge in [-0.3, -0.25) is 0 Å². The third-order valence-electron chi connectivity index (χ3n) is 2.72. The summed E-state index contributed by atoms with van der Waals surface area (Å²) in [7, 11) is 0. The Morgan fingerprint density at radius 3 is 2.30 bits per heavy atom. The van der Waals surface area contributed by atoms with Crippen molar-refractivity contribution in [3.63, 3.8) is 0 Å². The van der Waals surface area contributed by atoms with Crippen molar-refractivity contribution in [2.45, 2.75) is 26.1 Å². The maximum Gasteiger partial charge on any atom is 0.435 e. The summed E-state index contributed by atoms with van der Waals surface area (Å²) < 4.78 is 38.0. The topological polar surface area (TPSA) is 73.7 Å². The molecule has 5 nitrogen and oxygen atoms in total. The first-order valence-electron chi connectivity index (χ1n) is 5.92. The zero-order valence-corrected chi connectivity index (χ0v) is 11.8. The summed E-state index contributed by atoms with van der Waals surface area (Å²) >= 11 is 0.358. The second-order valence-electron chi connectivity index (χ2n) is 4.03. The van der Waals surface area contributed by atoms with Crippen molar-refractivity contribution in [2.24, 2.45) is 0 Å². The van der Waals surface area contributed by atoms with Gasteiger partial charge in [0, 0.05) is 6.54 Å². The van der Waals surface area contributed by atoms with Gasteiger partial charge in [0.1, 0.15) is 16.0 Å². The first-order chi connectivity index (χ1) is 9.20. The Morgan fingerprint density at radius 2 is 1.95 bits per heavy atom. The molecule has 1 rings (SSSR count). The van der Waals surface area contributed by atoms with E-state index in [4.69, 9.17) is 5.11 Å². The fourth-order valence-electron chi connectivity index (χ4n) is 1.62. The quantitative estimate of drug-likeness (QED) is 0.842. The van der Waals surface area contributed by atoms with E-state index in [1.807, 2.05) is 13.8 Å². The van der Waals surface area contributed by atoms with Gasteiger partial charge in [-0.15, -0.1) is 11.3 Å². The first kappa shape index (κ1) is 16.9. The fraction of sp³-hybridized carbons (Fsp3) is 0.636. The Bertz CT molecular complexity index is 472. The average Bonchev–Trinajstić information content (AvgIpc) is 2.80. The molecule has 2 N–H and O–H groups in total. The van der Waals surface area contributed by atoms with E-state index < -0.39 is 28.8 Å². The van der Waals surface area contributed by atoms with Gasteiger partial charge in [-0.25, -0.2) is 9.78 Å². The minimum absolute atomic E-state index is 0.108. The molecule has 0 bridgehead atoms. The Balaban J connectivity index is 3.05.